The first-order valence-electron chi connectivity index (χ1n) is 7.99. The minimum atomic E-state index is 0.304. The van der Waals surface area contributed by atoms with Crippen LogP contribution in [0.2, 0.25) is 0 Å². The molecule has 110 valence electrons. The molecule has 0 saturated carbocycles. The molecule has 3 nitrogen and oxygen atoms in total. The lowest BCUT2D eigenvalue weighted by Gasteiger charge is -2.39. The topological polar surface area (TPSA) is 23.6 Å². The summed E-state index contributed by atoms with van der Waals surface area (Å²) in [6.07, 6.45) is 7.37. The van der Waals surface area contributed by atoms with Gasteiger partial charge < -0.3 is 9.80 Å². The molecule has 0 aliphatic carbocycles. The fourth-order valence-electron chi connectivity index (χ4n) is 3.56. The molecule has 0 N–H and O–H groups in total. The van der Waals surface area contributed by atoms with Gasteiger partial charge in [-0.15, -0.1) is 0 Å². The molecule has 1 atom stereocenters. The highest BCUT2D eigenvalue weighted by Crippen LogP contribution is 2.30. The van der Waals surface area contributed by atoms with E-state index in [1.54, 1.807) is 0 Å². The van der Waals surface area contributed by atoms with E-state index in [1.165, 1.54) is 38.5 Å². The number of carbonyl (C=O) groups is 1. The average molecular weight is 266 g/mol. The Bertz CT molecular complexity index is 302. The molecular weight excluding hydrogens is 236 g/mol. The third kappa shape index (κ3) is 4.39. The molecule has 2 amide bonds. The molecular formula is C16H30N2O. The van der Waals surface area contributed by atoms with Crippen molar-refractivity contribution in [3.63, 3.8) is 0 Å². The lowest BCUT2D eigenvalue weighted by atomic mass is 9.81. The number of carbonyl (C=O) groups excluding carboxylic acids is 1. The third-order valence-electron chi connectivity index (χ3n) is 4.32. The number of hydrogen-bond acceptors (Lipinski definition) is 1. The van der Waals surface area contributed by atoms with Crippen molar-refractivity contribution in [2.24, 2.45) is 11.3 Å². The van der Waals surface area contributed by atoms with E-state index in [1.807, 2.05) is 0 Å². The standard InChI is InChI=1S/C16H30N2O/c1-16(2,3)12-14-8-7-11-18(13-14)15(19)17-9-5-4-6-10-17/h14H,4-13H2,1-3H3. The smallest absolute Gasteiger partial charge is 0.320 e. The van der Waals surface area contributed by atoms with Crippen LogP contribution < -0.4 is 0 Å². The predicted octanol–water partition coefficient (Wildman–Crippen LogP) is 3.74. The van der Waals surface area contributed by atoms with Gasteiger partial charge in [0.05, 0.1) is 0 Å². The highest BCUT2D eigenvalue weighted by molar-refractivity contribution is 5.74. The fourth-order valence-corrected chi connectivity index (χ4v) is 3.56. The van der Waals surface area contributed by atoms with Crippen LogP contribution in [-0.2, 0) is 0 Å². The molecule has 0 spiro atoms. The van der Waals surface area contributed by atoms with Crippen LogP contribution in [-0.4, -0.2) is 42.0 Å². The number of rotatable bonds is 1. The number of urea groups is 1. The Balaban J connectivity index is 1.87. The molecule has 0 bridgehead atoms. The summed E-state index contributed by atoms with van der Waals surface area (Å²) in [5.41, 5.74) is 0.377. The minimum Gasteiger partial charge on any atom is -0.325 e. The maximum Gasteiger partial charge on any atom is 0.320 e. The Morgan fingerprint density at radius 1 is 1.00 bits per heavy atom. The molecule has 2 saturated heterocycles. The second-order valence-corrected chi connectivity index (χ2v) is 7.55. The van der Waals surface area contributed by atoms with E-state index in [-0.39, 0.29) is 0 Å². The minimum absolute atomic E-state index is 0.304. The van der Waals surface area contributed by atoms with Crippen LogP contribution in [0.3, 0.4) is 0 Å². The molecule has 0 aromatic carbocycles. The quantitative estimate of drug-likeness (QED) is 0.709. The van der Waals surface area contributed by atoms with Gasteiger partial charge in [0.1, 0.15) is 0 Å². The van der Waals surface area contributed by atoms with Crippen molar-refractivity contribution in [3.05, 3.63) is 0 Å². The van der Waals surface area contributed by atoms with E-state index in [0.29, 0.717) is 17.4 Å². The van der Waals surface area contributed by atoms with Crippen LogP contribution in [0.25, 0.3) is 0 Å². The molecule has 3 heteroatoms. The first-order chi connectivity index (χ1) is 8.96. The second-order valence-electron chi connectivity index (χ2n) is 7.55. The number of amides is 2. The summed E-state index contributed by atoms with van der Waals surface area (Å²) in [6, 6.07) is 0.304. The van der Waals surface area contributed by atoms with Gasteiger partial charge >= 0.3 is 6.03 Å². The Kier molecular flexibility index (Phi) is 4.75. The summed E-state index contributed by atoms with van der Waals surface area (Å²) < 4.78 is 0. The van der Waals surface area contributed by atoms with Crippen molar-refractivity contribution < 1.29 is 4.79 Å². The predicted molar refractivity (Wildman–Crippen MR) is 79.2 cm³/mol. The lowest BCUT2D eigenvalue weighted by molar-refractivity contribution is 0.110. The third-order valence-corrected chi connectivity index (χ3v) is 4.32. The van der Waals surface area contributed by atoms with Crippen LogP contribution in [0.5, 0.6) is 0 Å². The zero-order valence-electron chi connectivity index (χ0n) is 13.0. The first kappa shape index (κ1) is 14.7. The highest BCUT2D eigenvalue weighted by atomic mass is 16.2. The van der Waals surface area contributed by atoms with Gasteiger partial charge in [-0.05, 0) is 49.9 Å². The molecule has 0 aromatic heterocycles. The Morgan fingerprint density at radius 3 is 2.26 bits per heavy atom. The van der Waals surface area contributed by atoms with Crippen molar-refractivity contribution >= 4 is 6.03 Å². The lowest BCUT2D eigenvalue weighted by Crippen LogP contribution is -2.49. The van der Waals surface area contributed by atoms with Gasteiger partial charge in [-0.3, -0.25) is 0 Å². The van der Waals surface area contributed by atoms with Gasteiger partial charge in [-0.25, -0.2) is 4.79 Å². The van der Waals surface area contributed by atoms with Crippen LogP contribution in [0.1, 0.15) is 59.3 Å². The Morgan fingerprint density at radius 2 is 1.63 bits per heavy atom. The number of hydrogen-bond donors (Lipinski definition) is 0. The molecule has 2 aliphatic rings. The molecule has 19 heavy (non-hydrogen) atoms. The zero-order valence-corrected chi connectivity index (χ0v) is 13.0. The summed E-state index contributed by atoms with van der Waals surface area (Å²) in [7, 11) is 0. The van der Waals surface area contributed by atoms with Crippen LogP contribution >= 0.6 is 0 Å². The van der Waals surface area contributed by atoms with Crippen LogP contribution in [0, 0.1) is 11.3 Å². The average Bonchev–Trinajstić information content (AvgIpc) is 2.37. The fraction of sp³-hybridized carbons (Fsp3) is 0.938. The van der Waals surface area contributed by atoms with Crippen molar-refractivity contribution in [2.75, 3.05) is 26.2 Å². The van der Waals surface area contributed by atoms with E-state index in [4.69, 9.17) is 0 Å². The maximum atomic E-state index is 12.5. The Labute approximate surface area is 118 Å². The summed E-state index contributed by atoms with van der Waals surface area (Å²) in [5.74, 6) is 0.697. The Hall–Kier alpha value is -0.730. The van der Waals surface area contributed by atoms with Crippen molar-refractivity contribution in [3.8, 4) is 0 Å². The molecule has 0 radical (unpaired) electrons. The largest absolute Gasteiger partial charge is 0.325 e. The van der Waals surface area contributed by atoms with E-state index in [0.717, 1.165) is 26.2 Å². The van der Waals surface area contributed by atoms with Gasteiger partial charge in [0.2, 0.25) is 0 Å². The van der Waals surface area contributed by atoms with Crippen LogP contribution in [0.15, 0.2) is 0 Å². The van der Waals surface area contributed by atoms with Crippen molar-refractivity contribution in [1.82, 2.24) is 9.80 Å². The molecule has 1 unspecified atom stereocenters. The van der Waals surface area contributed by atoms with Crippen molar-refractivity contribution in [1.29, 1.82) is 0 Å². The molecule has 2 aliphatic heterocycles. The van der Waals surface area contributed by atoms with Gasteiger partial charge in [-0.1, -0.05) is 20.8 Å². The SMILES string of the molecule is CC(C)(C)CC1CCCN(C(=O)N2CCCCC2)C1. The molecule has 2 fully saturated rings. The summed E-state index contributed by atoms with van der Waals surface area (Å²) in [5, 5.41) is 0. The molecule has 2 heterocycles. The van der Waals surface area contributed by atoms with Gasteiger partial charge in [-0.2, -0.15) is 0 Å². The van der Waals surface area contributed by atoms with E-state index in [9.17, 15) is 4.79 Å². The highest BCUT2D eigenvalue weighted by Gasteiger charge is 2.29. The zero-order chi connectivity index (χ0) is 13.9. The van der Waals surface area contributed by atoms with Gasteiger partial charge in [0.15, 0.2) is 0 Å². The number of nitrogens with zero attached hydrogens (tertiary/aromatic N) is 2. The maximum absolute atomic E-state index is 12.5. The van der Waals surface area contributed by atoms with Crippen LogP contribution in [0.4, 0.5) is 4.79 Å². The van der Waals surface area contributed by atoms with Crippen molar-refractivity contribution in [2.45, 2.75) is 59.3 Å². The number of piperidine rings is 2. The summed E-state index contributed by atoms with van der Waals surface area (Å²) in [4.78, 5) is 16.7. The van der Waals surface area contributed by atoms with E-state index in [2.05, 4.69) is 30.6 Å². The molecule has 0 aromatic rings. The molecule has 2 rings (SSSR count). The second kappa shape index (κ2) is 6.15. The van der Waals surface area contributed by atoms with Gasteiger partial charge in [0.25, 0.3) is 0 Å². The normalized spacial score (nSPS) is 25.5. The van der Waals surface area contributed by atoms with Gasteiger partial charge in [0, 0.05) is 26.2 Å². The number of likely N-dealkylation sites (tertiary alicyclic amines) is 2. The summed E-state index contributed by atoms with van der Waals surface area (Å²) in [6.45, 7) is 10.8. The first-order valence-corrected chi connectivity index (χ1v) is 7.99. The van der Waals surface area contributed by atoms with E-state index >= 15 is 0 Å². The monoisotopic (exact) mass is 266 g/mol. The van der Waals surface area contributed by atoms with E-state index < -0.39 is 0 Å². The summed E-state index contributed by atoms with van der Waals surface area (Å²) >= 11 is 0.